The summed E-state index contributed by atoms with van der Waals surface area (Å²) in [6.45, 7) is 7.33. The van der Waals surface area contributed by atoms with E-state index in [1.165, 1.54) is 51.0 Å². The van der Waals surface area contributed by atoms with Crippen LogP contribution < -0.4 is 0 Å². The third-order valence-electron chi connectivity index (χ3n) is 4.96. The standard InChI is InChI=1S/C17H26N2O/c1-14(12-15-5-7-17(20)8-6-15)19-11-10-18-9-3-2-4-16(18)13-19/h5-8,14,16,20H,2-4,9-13H2,1H3. The van der Waals surface area contributed by atoms with E-state index in [9.17, 15) is 5.11 Å². The number of benzene rings is 1. The summed E-state index contributed by atoms with van der Waals surface area (Å²) < 4.78 is 0. The van der Waals surface area contributed by atoms with Gasteiger partial charge in [-0.25, -0.2) is 0 Å². The molecule has 1 aromatic rings. The lowest BCUT2D eigenvalue weighted by Gasteiger charge is -2.46. The highest BCUT2D eigenvalue weighted by atomic mass is 16.3. The Balaban J connectivity index is 1.57. The van der Waals surface area contributed by atoms with Crippen molar-refractivity contribution in [1.82, 2.24) is 9.80 Å². The molecule has 2 atom stereocenters. The van der Waals surface area contributed by atoms with Gasteiger partial charge in [-0.05, 0) is 50.4 Å². The fourth-order valence-corrected chi connectivity index (χ4v) is 3.68. The summed E-state index contributed by atoms with van der Waals surface area (Å²) in [4.78, 5) is 5.34. The van der Waals surface area contributed by atoms with Crippen LogP contribution in [0.1, 0.15) is 31.7 Å². The fourth-order valence-electron chi connectivity index (χ4n) is 3.68. The Morgan fingerprint density at radius 2 is 1.95 bits per heavy atom. The second kappa shape index (κ2) is 6.15. The van der Waals surface area contributed by atoms with E-state index in [4.69, 9.17) is 0 Å². The number of phenols is 1. The average molecular weight is 274 g/mol. The third-order valence-corrected chi connectivity index (χ3v) is 4.96. The molecule has 2 aliphatic rings. The molecular weight excluding hydrogens is 248 g/mol. The third kappa shape index (κ3) is 3.15. The molecule has 20 heavy (non-hydrogen) atoms. The lowest BCUT2D eigenvalue weighted by Crippen LogP contribution is -2.57. The fraction of sp³-hybridized carbons (Fsp3) is 0.647. The number of piperazine rings is 1. The van der Waals surface area contributed by atoms with Crippen LogP contribution in [0, 0.1) is 0 Å². The van der Waals surface area contributed by atoms with Crippen molar-refractivity contribution in [3.8, 4) is 5.75 Å². The van der Waals surface area contributed by atoms with E-state index < -0.39 is 0 Å². The van der Waals surface area contributed by atoms with Crippen molar-refractivity contribution in [2.24, 2.45) is 0 Å². The number of piperidine rings is 1. The van der Waals surface area contributed by atoms with Crippen LogP contribution >= 0.6 is 0 Å². The molecule has 3 rings (SSSR count). The van der Waals surface area contributed by atoms with E-state index in [1.807, 2.05) is 12.1 Å². The first-order valence-corrected chi connectivity index (χ1v) is 7.98. The monoisotopic (exact) mass is 274 g/mol. The Bertz CT molecular complexity index is 431. The van der Waals surface area contributed by atoms with E-state index in [2.05, 4.69) is 16.7 Å². The number of rotatable bonds is 3. The maximum absolute atomic E-state index is 9.35. The largest absolute Gasteiger partial charge is 0.508 e. The van der Waals surface area contributed by atoms with E-state index in [1.54, 1.807) is 12.1 Å². The molecule has 110 valence electrons. The van der Waals surface area contributed by atoms with Crippen LogP contribution in [-0.4, -0.2) is 53.2 Å². The Kier molecular flexibility index (Phi) is 4.27. The van der Waals surface area contributed by atoms with Gasteiger partial charge >= 0.3 is 0 Å². The van der Waals surface area contributed by atoms with E-state index >= 15 is 0 Å². The lowest BCUT2D eigenvalue weighted by atomic mass is 9.97. The van der Waals surface area contributed by atoms with E-state index in [0.29, 0.717) is 11.8 Å². The van der Waals surface area contributed by atoms with Crippen LogP contribution in [0.25, 0.3) is 0 Å². The van der Waals surface area contributed by atoms with Gasteiger partial charge in [-0.2, -0.15) is 0 Å². The minimum absolute atomic E-state index is 0.359. The molecule has 2 aliphatic heterocycles. The number of aromatic hydroxyl groups is 1. The smallest absolute Gasteiger partial charge is 0.115 e. The van der Waals surface area contributed by atoms with Gasteiger partial charge in [0.1, 0.15) is 5.75 Å². The molecule has 2 fully saturated rings. The van der Waals surface area contributed by atoms with Gasteiger partial charge in [-0.15, -0.1) is 0 Å². The molecule has 3 heteroatoms. The van der Waals surface area contributed by atoms with Crippen LogP contribution in [0.3, 0.4) is 0 Å². The summed E-state index contributed by atoms with van der Waals surface area (Å²) in [6.07, 6.45) is 5.25. The van der Waals surface area contributed by atoms with Gasteiger partial charge in [0.05, 0.1) is 0 Å². The molecule has 0 bridgehead atoms. The number of hydrogen-bond acceptors (Lipinski definition) is 3. The van der Waals surface area contributed by atoms with Crippen molar-refractivity contribution in [1.29, 1.82) is 0 Å². The number of fused-ring (bicyclic) bond motifs is 1. The average Bonchev–Trinajstić information content (AvgIpc) is 2.49. The molecule has 2 unspecified atom stereocenters. The molecule has 3 nitrogen and oxygen atoms in total. The van der Waals surface area contributed by atoms with Gasteiger partial charge in [0.15, 0.2) is 0 Å². The first-order valence-electron chi connectivity index (χ1n) is 7.98. The minimum atomic E-state index is 0.359. The maximum atomic E-state index is 9.35. The van der Waals surface area contributed by atoms with Crippen LogP contribution in [0.15, 0.2) is 24.3 Å². The zero-order valence-corrected chi connectivity index (χ0v) is 12.5. The highest BCUT2D eigenvalue weighted by molar-refractivity contribution is 5.26. The van der Waals surface area contributed by atoms with Gasteiger partial charge in [-0.3, -0.25) is 9.80 Å². The van der Waals surface area contributed by atoms with Crippen LogP contribution in [-0.2, 0) is 6.42 Å². The molecule has 0 spiro atoms. The van der Waals surface area contributed by atoms with Crippen molar-refractivity contribution < 1.29 is 5.11 Å². The van der Waals surface area contributed by atoms with Crippen molar-refractivity contribution in [2.45, 2.75) is 44.7 Å². The molecule has 1 aromatic carbocycles. The maximum Gasteiger partial charge on any atom is 0.115 e. The normalized spacial score (nSPS) is 26.1. The van der Waals surface area contributed by atoms with Gasteiger partial charge in [0, 0.05) is 31.7 Å². The molecule has 0 amide bonds. The first-order chi connectivity index (χ1) is 9.72. The zero-order chi connectivity index (χ0) is 13.9. The molecule has 0 saturated carbocycles. The second-order valence-corrected chi connectivity index (χ2v) is 6.40. The zero-order valence-electron chi connectivity index (χ0n) is 12.5. The Hall–Kier alpha value is -1.06. The van der Waals surface area contributed by atoms with Crippen LogP contribution in [0.4, 0.5) is 0 Å². The second-order valence-electron chi connectivity index (χ2n) is 6.40. The van der Waals surface area contributed by atoms with Crippen LogP contribution in [0.5, 0.6) is 5.75 Å². The predicted molar refractivity (Wildman–Crippen MR) is 82.1 cm³/mol. The SMILES string of the molecule is CC(Cc1ccc(O)cc1)N1CCN2CCCCC2C1. The van der Waals surface area contributed by atoms with Gasteiger partial charge in [0.25, 0.3) is 0 Å². The lowest BCUT2D eigenvalue weighted by molar-refractivity contribution is 0.0312. The molecule has 0 radical (unpaired) electrons. The molecular formula is C17H26N2O. The number of hydrogen-bond donors (Lipinski definition) is 1. The van der Waals surface area contributed by atoms with Crippen molar-refractivity contribution >= 4 is 0 Å². The predicted octanol–water partition coefficient (Wildman–Crippen LogP) is 2.49. The van der Waals surface area contributed by atoms with Crippen LogP contribution in [0.2, 0.25) is 0 Å². The minimum Gasteiger partial charge on any atom is -0.508 e. The summed E-state index contributed by atoms with van der Waals surface area (Å²) in [5, 5.41) is 9.35. The van der Waals surface area contributed by atoms with E-state index in [0.717, 1.165) is 12.5 Å². The number of phenolic OH excluding ortho intramolecular Hbond substituents is 1. The Morgan fingerprint density at radius 1 is 1.15 bits per heavy atom. The Labute approximate surface area is 122 Å². The molecule has 0 aliphatic carbocycles. The van der Waals surface area contributed by atoms with Gasteiger partial charge in [-0.1, -0.05) is 18.6 Å². The summed E-state index contributed by atoms with van der Waals surface area (Å²) in [5.74, 6) is 0.359. The molecule has 2 saturated heterocycles. The van der Waals surface area contributed by atoms with Gasteiger partial charge < -0.3 is 5.11 Å². The van der Waals surface area contributed by atoms with Crippen molar-refractivity contribution in [2.75, 3.05) is 26.2 Å². The Morgan fingerprint density at radius 3 is 2.75 bits per heavy atom. The summed E-state index contributed by atoms with van der Waals surface area (Å²) in [7, 11) is 0. The summed E-state index contributed by atoms with van der Waals surface area (Å²) in [6, 6.07) is 9.05. The summed E-state index contributed by atoms with van der Waals surface area (Å²) in [5.41, 5.74) is 1.32. The first kappa shape index (κ1) is 13.9. The highest BCUT2D eigenvalue weighted by Gasteiger charge is 2.30. The van der Waals surface area contributed by atoms with Crippen molar-refractivity contribution in [3.63, 3.8) is 0 Å². The van der Waals surface area contributed by atoms with E-state index in [-0.39, 0.29) is 0 Å². The van der Waals surface area contributed by atoms with Crippen molar-refractivity contribution in [3.05, 3.63) is 29.8 Å². The molecule has 1 N–H and O–H groups in total. The quantitative estimate of drug-likeness (QED) is 0.917. The number of nitrogens with zero attached hydrogens (tertiary/aromatic N) is 2. The molecule has 0 aromatic heterocycles. The highest BCUT2D eigenvalue weighted by Crippen LogP contribution is 2.23. The topological polar surface area (TPSA) is 26.7 Å². The molecule has 2 heterocycles. The summed E-state index contributed by atoms with van der Waals surface area (Å²) >= 11 is 0. The van der Waals surface area contributed by atoms with Gasteiger partial charge in [0.2, 0.25) is 0 Å².